The summed E-state index contributed by atoms with van der Waals surface area (Å²) < 4.78 is 20.9. The molecule has 0 saturated carbocycles. The number of nitrogens with zero attached hydrogens (tertiary/aromatic N) is 2. The van der Waals surface area contributed by atoms with E-state index in [9.17, 15) is 10.1 Å². The summed E-state index contributed by atoms with van der Waals surface area (Å²) in [7, 11) is 6.01. The minimum absolute atomic E-state index is 0.119. The quantitative estimate of drug-likeness (QED) is 0.532. The molecule has 0 spiro atoms. The predicted molar refractivity (Wildman–Crippen MR) is 92.5 cm³/mol. The minimum Gasteiger partial charge on any atom is -0.675 e. The summed E-state index contributed by atoms with van der Waals surface area (Å²) >= 11 is 0. The fourth-order valence-corrected chi connectivity index (χ4v) is 2.31. The fourth-order valence-electron chi connectivity index (χ4n) is 2.31. The van der Waals surface area contributed by atoms with Crippen LogP contribution in [0.25, 0.3) is 5.32 Å². The second-order valence-electron chi connectivity index (χ2n) is 4.96. The van der Waals surface area contributed by atoms with E-state index in [-0.39, 0.29) is 17.9 Å². The molecule has 0 aliphatic carbocycles. The van der Waals surface area contributed by atoms with Gasteiger partial charge >= 0.3 is 0 Å². The van der Waals surface area contributed by atoms with E-state index in [1.165, 1.54) is 34.5 Å². The predicted octanol–water partition coefficient (Wildman–Crippen LogP) is 3.83. The third kappa shape index (κ3) is 4.03. The highest BCUT2D eigenvalue weighted by molar-refractivity contribution is 5.67. The van der Waals surface area contributed by atoms with E-state index in [2.05, 4.69) is 5.32 Å². The molecule has 8 nitrogen and oxygen atoms in total. The lowest BCUT2D eigenvalue weighted by molar-refractivity contribution is -0.383. The lowest BCUT2D eigenvalue weighted by atomic mass is 10.1. The molecule has 0 amide bonds. The van der Waals surface area contributed by atoms with Crippen LogP contribution in [0.5, 0.6) is 23.0 Å². The number of ether oxygens (including phenoxy) is 4. The molecule has 2 rings (SSSR count). The van der Waals surface area contributed by atoms with Gasteiger partial charge in [-0.3, -0.25) is 10.1 Å². The van der Waals surface area contributed by atoms with Crippen molar-refractivity contribution in [1.29, 1.82) is 0 Å². The summed E-state index contributed by atoms with van der Waals surface area (Å²) in [4.78, 5) is 10.7. The van der Waals surface area contributed by atoms with Crippen LogP contribution in [0.3, 0.4) is 0 Å². The van der Waals surface area contributed by atoms with Crippen molar-refractivity contribution in [2.75, 3.05) is 28.4 Å². The number of rotatable bonds is 8. The van der Waals surface area contributed by atoms with Crippen LogP contribution in [-0.2, 0) is 6.54 Å². The van der Waals surface area contributed by atoms with Gasteiger partial charge in [-0.05, 0) is 18.2 Å². The van der Waals surface area contributed by atoms with Gasteiger partial charge in [0.05, 0.1) is 39.4 Å². The number of benzene rings is 2. The van der Waals surface area contributed by atoms with Crippen LogP contribution in [-0.4, -0.2) is 33.4 Å². The Labute approximate surface area is 145 Å². The molecule has 0 N–H and O–H groups in total. The van der Waals surface area contributed by atoms with Crippen molar-refractivity contribution in [2.24, 2.45) is 0 Å². The van der Waals surface area contributed by atoms with Crippen LogP contribution in [0.1, 0.15) is 5.56 Å². The Morgan fingerprint density at radius 3 is 2.08 bits per heavy atom. The van der Waals surface area contributed by atoms with Gasteiger partial charge in [0, 0.05) is 0 Å². The van der Waals surface area contributed by atoms with E-state index in [1.807, 2.05) is 0 Å². The monoisotopic (exact) mass is 347 g/mol. The molecule has 134 valence electrons. The Morgan fingerprint density at radius 1 is 0.960 bits per heavy atom. The number of methoxy groups -OCH3 is 4. The lowest BCUT2D eigenvalue weighted by Crippen LogP contribution is -1.97. The molecule has 0 aliphatic heterocycles. The summed E-state index contributed by atoms with van der Waals surface area (Å²) in [5.74, 6) is 1.87. The standard InChI is InChI=1S/C17H19N2O6/c1-22-12-5-6-13(14(9-12)19(20)21)18-10-11-7-15(23-2)17(25-4)16(8-11)24-3/h5-9H,10H2,1-4H3/q-1. The van der Waals surface area contributed by atoms with E-state index in [0.29, 0.717) is 23.0 Å². The average Bonchev–Trinajstić information content (AvgIpc) is 2.64. The molecule has 0 saturated heterocycles. The Balaban J connectivity index is 2.28. The molecule has 2 aromatic rings. The number of hydrogen-bond acceptors (Lipinski definition) is 6. The van der Waals surface area contributed by atoms with Crippen LogP contribution in [0.4, 0.5) is 11.4 Å². The SMILES string of the molecule is COc1ccc([N-]Cc2cc(OC)c(OC)c(OC)c2)c([N+](=O)[O-])c1. The maximum atomic E-state index is 11.2. The van der Waals surface area contributed by atoms with Gasteiger partial charge in [-0.2, -0.15) is 0 Å². The van der Waals surface area contributed by atoms with Gasteiger partial charge in [-0.1, -0.05) is 17.3 Å². The van der Waals surface area contributed by atoms with E-state index in [4.69, 9.17) is 18.9 Å². The number of nitro benzene ring substituents is 1. The van der Waals surface area contributed by atoms with Gasteiger partial charge < -0.3 is 24.3 Å². The highest BCUT2D eigenvalue weighted by Crippen LogP contribution is 2.40. The topological polar surface area (TPSA) is 94.2 Å². The van der Waals surface area contributed by atoms with Gasteiger partial charge in [0.2, 0.25) is 5.75 Å². The van der Waals surface area contributed by atoms with Crippen LogP contribution in [0.2, 0.25) is 0 Å². The first kappa shape index (κ1) is 18.2. The van der Waals surface area contributed by atoms with Crippen molar-refractivity contribution in [3.05, 3.63) is 51.3 Å². The lowest BCUT2D eigenvalue weighted by Gasteiger charge is -2.23. The van der Waals surface area contributed by atoms with Crippen LogP contribution < -0.4 is 18.9 Å². The van der Waals surface area contributed by atoms with Gasteiger partial charge in [0.15, 0.2) is 11.5 Å². The first-order chi connectivity index (χ1) is 12.0. The summed E-state index contributed by atoms with van der Waals surface area (Å²) in [6.07, 6.45) is 0. The molecule has 0 aliphatic rings. The third-order valence-electron chi connectivity index (χ3n) is 3.54. The van der Waals surface area contributed by atoms with Crippen LogP contribution in [0.15, 0.2) is 30.3 Å². The number of hydrogen-bond donors (Lipinski definition) is 0. The third-order valence-corrected chi connectivity index (χ3v) is 3.54. The van der Waals surface area contributed by atoms with Crippen molar-refractivity contribution in [2.45, 2.75) is 6.54 Å². The summed E-state index contributed by atoms with van der Waals surface area (Å²) in [6, 6.07) is 8.02. The highest BCUT2D eigenvalue weighted by atomic mass is 16.6. The summed E-state index contributed by atoms with van der Waals surface area (Å²) in [6.45, 7) is 0.212. The second-order valence-corrected chi connectivity index (χ2v) is 4.96. The van der Waals surface area contributed by atoms with Crippen molar-refractivity contribution in [1.82, 2.24) is 0 Å². The molecule has 0 unspecified atom stereocenters. The maximum absolute atomic E-state index is 11.2. The van der Waals surface area contributed by atoms with Crippen molar-refractivity contribution < 1.29 is 23.9 Å². The Bertz CT molecular complexity index is 738. The van der Waals surface area contributed by atoms with Crippen LogP contribution >= 0.6 is 0 Å². The molecular weight excluding hydrogens is 328 g/mol. The molecule has 25 heavy (non-hydrogen) atoms. The molecule has 2 aromatic carbocycles. The molecular formula is C17H19N2O6-. The van der Waals surface area contributed by atoms with Gasteiger partial charge in [0.25, 0.3) is 5.69 Å². The normalized spacial score (nSPS) is 10.1. The van der Waals surface area contributed by atoms with E-state index >= 15 is 0 Å². The van der Waals surface area contributed by atoms with Crippen molar-refractivity contribution in [3.8, 4) is 23.0 Å². The summed E-state index contributed by atoms with van der Waals surface area (Å²) in [5.41, 5.74) is 0.908. The zero-order chi connectivity index (χ0) is 18.4. The van der Waals surface area contributed by atoms with E-state index in [0.717, 1.165) is 5.56 Å². The van der Waals surface area contributed by atoms with Crippen molar-refractivity contribution >= 4 is 11.4 Å². The largest absolute Gasteiger partial charge is 0.675 e. The highest BCUT2D eigenvalue weighted by Gasteiger charge is 2.13. The molecule has 0 heterocycles. The zero-order valence-electron chi connectivity index (χ0n) is 14.4. The molecule has 0 radical (unpaired) electrons. The van der Waals surface area contributed by atoms with Crippen molar-refractivity contribution in [3.63, 3.8) is 0 Å². The van der Waals surface area contributed by atoms with Crippen LogP contribution in [0, 0.1) is 10.1 Å². The summed E-state index contributed by atoms with van der Waals surface area (Å²) in [5, 5.41) is 15.5. The van der Waals surface area contributed by atoms with Gasteiger partial charge in [-0.25, -0.2) is 0 Å². The molecule has 0 atom stereocenters. The molecule has 0 aromatic heterocycles. The number of nitro groups is 1. The molecule has 0 fully saturated rings. The van der Waals surface area contributed by atoms with E-state index in [1.54, 1.807) is 24.3 Å². The van der Waals surface area contributed by atoms with Gasteiger partial charge in [0.1, 0.15) is 5.75 Å². The first-order valence-electron chi connectivity index (χ1n) is 7.32. The second kappa shape index (κ2) is 8.09. The Hall–Kier alpha value is -3.16. The molecule has 8 heteroatoms. The zero-order valence-corrected chi connectivity index (χ0v) is 14.4. The Morgan fingerprint density at radius 2 is 1.60 bits per heavy atom. The maximum Gasteiger partial charge on any atom is 0.258 e. The molecule has 0 bridgehead atoms. The van der Waals surface area contributed by atoms with E-state index < -0.39 is 4.92 Å². The van der Waals surface area contributed by atoms with Gasteiger partial charge in [-0.15, -0.1) is 6.54 Å². The first-order valence-corrected chi connectivity index (χ1v) is 7.32. The Kier molecular flexibility index (Phi) is 5.89. The smallest absolute Gasteiger partial charge is 0.258 e. The average molecular weight is 347 g/mol. The minimum atomic E-state index is -0.490. The fraction of sp³-hybridized carbons (Fsp3) is 0.294.